The van der Waals surface area contributed by atoms with Crippen molar-refractivity contribution in [2.75, 3.05) is 43.6 Å². The fraction of sp³-hybridized carbons (Fsp3) is 0.257. The number of fused-ring (bicyclic) bond motifs is 1. The van der Waals surface area contributed by atoms with Crippen molar-refractivity contribution in [3.05, 3.63) is 114 Å². The third-order valence-electron chi connectivity index (χ3n) is 8.00. The molecular weight excluding hydrogens is 568 g/mol. The van der Waals surface area contributed by atoms with Crippen LogP contribution in [0.25, 0.3) is 11.0 Å². The van der Waals surface area contributed by atoms with Gasteiger partial charge in [0, 0.05) is 31.0 Å². The maximum atomic E-state index is 14.3. The van der Waals surface area contributed by atoms with Gasteiger partial charge in [-0.25, -0.2) is 4.68 Å². The summed E-state index contributed by atoms with van der Waals surface area (Å²) in [6.45, 7) is 5.14. The molecule has 1 aliphatic rings. The van der Waals surface area contributed by atoms with E-state index in [2.05, 4.69) is 20.5 Å². The van der Waals surface area contributed by atoms with Gasteiger partial charge in [-0.05, 0) is 66.6 Å². The molecule has 10 heteroatoms. The van der Waals surface area contributed by atoms with Crippen molar-refractivity contribution < 1.29 is 19.1 Å². The Bertz CT molecular complexity index is 1750. The molecule has 1 atom stereocenters. The van der Waals surface area contributed by atoms with Gasteiger partial charge < -0.3 is 24.6 Å². The number of ether oxygens (including phenoxy) is 2. The molecule has 1 aliphatic heterocycles. The number of nitrogens with one attached hydrogen (secondary N) is 1. The number of anilines is 2. The first-order valence-corrected chi connectivity index (χ1v) is 15.0. The van der Waals surface area contributed by atoms with Crippen LogP contribution in [-0.4, -0.2) is 65.1 Å². The number of nitrogens with zero attached hydrogens (tertiary/aromatic N) is 5. The highest BCUT2D eigenvalue weighted by atomic mass is 16.5. The van der Waals surface area contributed by atoms with Crippen LogP contribution in [0.5, 0.6) is 5.75 Å². The predicted octanol–water partition coefficient (Wildman–Crippen LogP) is 4.99. The van der Waals surface area contributed by atoms with Gasteiger partial charge in [0.05, 0.1) is 25.8 Å². The Morgan fingerprint density at radius 3 is 2.36 bits per heavy atom. The summed E-state index contributed by atoms with van der Waals surface area (Å²) in [4.78, 5) is 32.4. The monoisotopic (exact) mass is 604 g/mol. The van der Waals surface area contributed by atoms with E-state index in [1.165, 1.54) is 0 Å². The van der Waals surface area contributed by atoms with Crippen molar-refractivity contribution in [1.29, 1.82) is 0 Å². The van der Waals surface area contributed by atoms with E-state index in [0.717, 1.165) is 35.4 Å². The summed E-state index contributed by atoms with van der Waals surface area (Å²) in [5, 5.41) is 11.5. The third kappa shape index (κ3) is 6.97. The molecule has 6 rings (SSSR count). The molecule has 2 heterocycles. The zero-order valence-corrected chi connectivity index (χ0v) is 25.4. The summed E-state index contributed by atoms with van der Waals surface area (Å²) in [6, 6.07) is 29.6. The Morgan fingerprint density at radius 1 is 0.933 bits per heavy atom. The van der Waals surface area contributed by atoms with Crippen molar-refractivity contribution in [1.82, 2.24) is 19.9 Å². The number of amides is 2. The third-order valence-corrected chi connectivity index (χ3v) is 8.00. The molecule has 5 aromatic rings. The van der Waals surface area contributed by atoms with Crippen molar-refractivity contribution in [2.24, 2.45) is 0 Å². The molecule has 1 aromatic heterocycles. The maximum absolute atomic E-state index is 14.3. The average molecular weight is 605 g/mol. The lowest BCUT2D eigenvalue weighted by molar-refractivity contribution is -0.140. The normalized spacial score (nSPS) is 13.8. The zero-order valence-electron chi connectivity index (χ0n) is 25.4. The van der Waals surface area contributed by atoms with Crippen molar-refractivity contribution in [2.45, 2.75) is 26.1 Å². The average Bonchev–Trinajstić information content (AvgIpc) is 3.49. The first-order valence-electron chi connectivity index (χ1n) is 15.0. The summed E-state index contributed by atoms with van der Waals surface area (Å²) < 4.78 is 12.4. The second-order valence-electron chi connectivity index (χ2n) is 11.1. The predicted molar refractivity (Wildman–Crippen MR) is 173 cm³/mol. The molecule has 45 heavy (non-hydrogen) atoms. The molecule has 0 saturated carbocycles. The minimum absolute atomic E-state index is 0.0828. The highest BCUT2D eigenvalue weighted by molar-refractivity contribution is 5.98. The Labute approximate surface area is 262 Å². The summed E-state index contributed by atoms with van der Waals surface area (Å²) in [7, 11) is 1.61. The van der Waals surface area contributed by atoms with Crippen LogP contribution in [0.4, 0.5) is 11.4 Å². The molecule has 0 aliphatic carbocycles. The SMILES string of the molecule is COc1ccc(CN(C(=O)Cn2nnc3ccccc32)C(C(=O)Nc2ccc(N3CCOCC3)cc2)c2ccc(C)cc2)cc1. The lowest BCUT2D eigenvalue weighted by Gasteiger charge is -2.32. The summed E-state index contributed by atoms with van der Waals surface area (Å²) in [5.41, 5.74) is 5.77. The van der Waals surface area contributed by atoms with Gasteiger partial charge >= 0.3 is 0 Å². The Balaban J connectivity index is 1.33. The second kappa shape index (κ2) is 13.6. The number of carbonyl (C=O) groups excluding carboxylic acids is 2. The number of aryl methyl sites for hydroxylation is 1. The molecule has 2 amide bonds. The number of carbonyl (C=O) groups is 2. The summed E-state index contributed by atoms with van der Waals surface area (Å²) in [5.74, 6) is 0.118. The standard InChI is InChI=1S/C35H36N6O4/c1-25-7-11-27(12-8-25)34(35(43)36-28-13-15-29(16-14-28)39-19-21-45-22-20-39)40(23-26-9-17-30(44-2)18-10-26)33(42)24-41-32-6-4-3-5-31(32)37-38-41/h3-18,34H,19-24H2,1-2H3,(H,36,43). The smallest absolute Gasteiger partial charge is 0.251 e. The second-order valence-corrected chi connectivity index (χ2v) is 11.1. The molecule has 0 bridgehead atoms. The van der Waals surface area contributed by atoms with Gasteiger partial charge in [0.2, 0.25) is 5.91 Å². The van der Waals surface area contributed by atoms with E-state index >= 15 is 0 Å². The van der Waals surface area contributed by atoms with Crippen LogP contribution in [0.2, 0.25) is 0 Å². The molecule has 0 spiro atoms. The minimum atomic E-state index is -0.922. The van der Waals surface area contributed by atoms with Gasteiger partial charge in [0.25, 0.3) is 5.91 Å². The topological polar surface area (TPSA) is 102 Å². The highest BCUT2D eigenvalue weighted by Gasteiger charge is 2.32. The summed E-state index contributed by atoms with van der Waals surface area (Å²) in [6.07, 6.45) is 0. The van der Waals surface area contributed by atoms with Crippen molar-refractivity contribution in [3.8, 4) is 5.75 Å². The molecule has 1 unspecified atom stereocenters. The van der Waals surface area contributed by atoms with Gasteiger partial charge in [-0.3, -0.25) is 9.59 Å². The Morgan fingerprint density at radius 2 is 1.64 bits per heavy atom. The van der Waals surface area contributed by atoms with E-state index in [-0.39, 0.29) is 24.9 Å². The number of para-hydroxylation sites is 1. The minimum Gasteiger partial charge on any atom is -0.497 e. The molecule has 1 saturated heterocycles. The largest absolute Gasteiger partial charge is 0.497 e. The van der Waals surface area contributed by atoms with E-state index in [4.69, 9.17) is 9.47 Å². The number of methoxy groups -OCH3 is 1. The van der Waals surface area contributed by atoms with Crippen LogP contribution in [0.1, 0.15) is 22.7 Å². The van der Waals surface area contributed by atoms with Crippen molar-refractivity contribution in [3.63, 3.8) is 0 Å². The maximum Gasteiger partial charge on any atom is 0.251 e. The number of aromatic nitrogens is 3. The molecule has 10 nitrogen and oxygen atoms in total. The lowest BCUT2D eigenvalue weighted by atomic mass is 10.0. The zero-order chi connectivity index (χ0) is 31.2. The fourth-order valence-corrected chi connectivity index (χ4v) is 5.51. The van der Waals surface area contributed by atoms with Gasteiger partial charge in [0.1, 0.15) is 23.9 Å². The van der Waals surface area contributed by atoms with E-state index in [1.807, 2.05) is 104 Å². The van der Waals surface area contributed by atoms with Crippen LogP contribution < -0.4 is 15.0 Å². The van der Waals surface area contributed by atoms with Gasteiger partial charge in [-0.1, -0.05) is 59.3 Å². The number of hydrogen-bond donors (Lipinski definition) is 1. The van der Waals surface area contributed by atoms with Crippen LogP contribution in [0, 0.1) is 6.92 Å². The van der Waals surface area contributed by atoms with E-state index in [0.29, 0.717) is 35.7 Å². The van der Waals surface area contributed by atoms with E-state index in [9.17, 15) is 9.59 Å². The number of rotatable bonds is 10. The molecule has 0 radical (unpaired) electrons. The summed E-state index contributed by atoms with van der Waals surface area (Å²) >= 11 is 0. The fourth-order valence-electron chi connectivity index (χ4n) is 5.51. The molecule has 1 N–H and O–H groups in total. The van der Waals surface area contributed by atoms with Crippen molar-refractivity contribution >= 4 is 34.2 Å². The van der Waals surface area contributed by atoms with Crippen LogP contribution in [0.3, 0.4) is 0 Å². The van der Waals surface area contributed by atoms with Gasteiger partial charge in [0.15, 0.2) is 0 Å². The van der Waals surface area contributed by atoms with Crippen LogP contribution in [0.15, 0.2) is 97.1 Å². The first-order chi connectivity index (χ1) is 22.0. The molecule has 1 fully saturated rings. The van der Waals surface area contributed by atoms with Gasteiger partial charge in [-0.2, -0.15) is 0 Å². The number of morpholine rings is 1. The first kappa shape index (κ1) is 29.8. The Hall–Kier alpha value is -5.22. The number of benzene rings is 4. The van der Waals surface area contributed by atoms with E-state index in [1.54, 1.807) is 16.7 Å². The molecule has 4 aromatic carbocycles. The highest BCUT2D eigenvalue weighted by Crippen LogP contribution is 2.28. The van der Waals surface area contributed by atoms with Crippen LogP contribution in [-0.2, 0) is 27.4 Å². The Kier molecular flexibility index (Phi) is 9.02. The quantitative estimate of drug-likeness (QED) is 0.240. The number of hydrogen-bond acceptors (Lipinski definition) is 7. The van der Waals surface area contributed by atoms with Crippen LogP contribution >= 0.6 is 0 Å². The van der Waals surface area contributed by atoms with Gasteiger partial charge in [-0.15, -0.1) is 5.10 Å². The lowest BCUT2D eigenvalue weighted by Crippen LogP contribution is -2.42. The van der Waals surface area contributed by atoms with E-state index < -0.39 is 6.04 Å². The molecular formula is C35H36N6O4. The molecule has 230 valence electrons.